The van der Waals surface area contributed by atoms with Crippen LogP contribution in [0.1, 0.15) is 46.3 Å². The molecule has 0 aromatic carbocycles. The van der Waals surface area contributed by atoms with E-state index in [2.05, 4.69) is 4.98 Å². The zero-order chi connectivity index (χ0) is 14.8. The van der Waals surface area contributed by atoms with Gasteiger partial charge in [-0.05, 0) is 31.4 Å². The zero-order valence-corrected chi connectivity index (χ0v) is 11.7. The summed E-state index contributed by atoms with van der Waals surface area (Å²) in [4.78, 5) is 18.7. The van der Waals surface area contributed by atoms with E-state index in [4.69, 9.17) is 9.68 Å². The van der Waals surface area contributed by atoms with Gasteiger partial charge in [0.15, 0.2) is 0 Å². The standard InChI is InChI=1S/C16H15N3O2/c1-11-14(8-13(9-17)21-11)16(20)19-7-3-5-15(19)12-4-2-6-18-10-12/h2,4,6,8,10,15H,3,5,7H2,1H3. The molecule has 2 aromatic heterocycles. The molecular weight excluding hydrogens is 266 g/mol. The molecule has 3 heterocycles. The number of aromatic nitrogens is 1. The van der Waals surface area contributed by atoms with Crippen LogP contribution in [-0.4, -0.2) is 22.3 Å². The average Bonchev–Trinajstić information content (AvgIpc) is 3.14. The highest BCUT2D eigenvalue weighted by Gasteiger charge is 2.32. The summed E-state index contributed by atoms with van der Waals surface area (Å²) in [7, 11) is 0. The molecule has 1 unspecified atom stereocenters. The molecule has 0 spiro atoms. The quantitative estimate of drug-likeness (QED) is 0.848. The molecule has 0 bridgehead atoms. The van der Waals surface area contributed by atoms with Gasteiger partial charge < -0.3 is 9.32 Å². The molecule has 0 saturated carbocycles. The summed E-state index contributed by atoms with van der Waals surface area (Å²) in [6.45, 7) is 2.42. The van der Waals surface area contributed by atoms with Crippen molar-refractivity contribution >= 4 is 5.91 Å². The second kappa shape index (κ2) is 5.41. The van der Waals surface area contributed by atoms with Gasteiger partial charge in [-0.3, -0.25) is 9.78 Å². The largest absolute Gasteiger partial charge is 0.450 e. The summed E-state index contributed by atoms with van der Waals surface area (Å²) in [5.74, 6) is 0.588. The fourth-order valence-electron chi connectivity index (χ4n) is 2.83. The lowest BCUT2D eigenvalue weighted by Crippen LogP contribution is -2.30. The van der Waals surface area contributed by atoms with Crippen molar-refractivity contribution in [3.05, 3.63) is 53.2 Å². The van der Waals surface area contributed by atoms with Gasteiger partial charge in [0.1, 0.15) is 11.8 Å². The second-order valence-electron chi connectivity index (χ2n) is 5.14. The number of likely N-dealkylation sites (tertiary alicyclic amines) is 1. The van der Waals surface area contributed by atoms with E-state index in [1.807, 2.05) is 23.1 Å². The summed E-state index contributed by atoms with van der Waals surface area (Å²) in [5, 5.41) is 8.88. The van der Waals surface area contributed by atoms with Gasteiger partial charge in [0.05, 0.1) is 11.6 Å². The van der Waals surface area contributed by atoms with E-state index < -0.39 is 0 Å². The lowest BCUT2D eigenvalue weighted by molar-refractivity contribution is 0.0733. The van der Waals surface area contributed by atoms with Crippen molar-refractivity contribution in [1.82, 2.24) is 9.88 Å². The highest BCUT2D eigenvalue weighted by molar-refractivity contribution is 5.96. The Hall–Kier alpha value is -2.61. The summed E-state index contributed by atoms with van der Waals surface area (Å²) in [6, 6.07) is 7.37. The maximum atomic E-state index is 12.7. The molecule has 2 aromatic rings. The molecule has 21 heavy (non-hydrogen) atoms. The van der Waals surface area contributed by atoms with Crippen LogP contribution in [-0.2, 0) is 0 Å². The molecule has 0 N–H and O–H groups in total. The lowest BCUT2D eigenvalue weighted by Gasteiger charge is -2.24. The highest BCUT2D eigenvalue weighted by Crippen LogP contribution is 2.33. The van der Waals surface area contributed by atoms with E-state index in [9.17, 15) is 4.79 Å². The molecular formula is C16H15N3O2. The van der Waals surface area contributed by atoms with Gasteiger partial charge in [0.25, 0.3) is 5.91 Å². The molecule has 1 amide bonds. The topological polar surface area (TPSA) is 70.1 Å². The number of carbonyl (C=O) groups excluding carboxylic acids is 1. The van der Waals surface area contributed by atoms with Crippen LogP contribution in [0.3, 0.4) is 0 Å². The number of pyridine rings is 1. The average molecular weight is 281 g/mol. The highest BCUT2D eigenvalue weighted by atomic mass is 16.3. The third-order valence-corrected chi connectivity index (χ3v) is 3.84. The van der Waals surface area contributed by atoms with Crippen molar-refractivity contribution < 1.29 is 9.21 Å². The van der Waals surface area contributed by atoms with Crippen molar-refractivity contribution in [3.63, 3.8) is 0 Å². The van der Waals surface area contributed by atoms with Crippen molar-refractivity contribution in [2.24, 2.45) is 0 Å². The summed E-state index contributed by atoms with van der Waals surface area (Å²) in [6.07, 6.45) is 5.43. The molecule has 1 saturated heterocycles. The van der Waals surface area contributed by atoms with Crippen molar-refractivity contribution in [3.8, 4) is 6.07 Å². The van der Waals surface area contributed by atoms with E-state index in [0.717, 1.165) is 18.4 Å². The first-order chi connectivity index (χ1) is 10.2. The number of nitrogens with zero attached hydrogens (tertiary/aromatic N) is 3. The number of carbonyl (C=O) groups is 1. The summed E-state index contributed by atoms with van der Waals surface area (Å²) >= 11 is 0. The normalized spacial score (nSPS) is 17.7. The predicted molar refractivity (Wildman–Crippen MR) is 75.4 cm³/mol. The Balaban J connectivity index is 1.90. The number of hydrogen-bond acceptors (Lipinski definition) is 4. The maximum Gasteiger partial charge on any atom is 0.257 e. The lowest BCUT2D eigenvalue weighted by atomic mass is 10.1. The second-order valence-corrected chi connectivity index (χ2v) is 5.14. The number of furan rings is 1. The van der Waals surface area contributed by atoms with E-state index in [0.29, 0.717) is 17.9 Å². The Morgan fingerprint density at radius 2 is 2.43 bits per heavy atom. The molecule has 5 heteroatoms. The van der Waals surface area contributed by atoms with Gasteiger partial charge in [-0.2, -0.15) is 5.26 Å². The Kier molecular flexibility index (Phi) is 3.44. The Labute approximate surface area is 122 Å². The summed E-state index contributed by atoms with van der Waals surface area (Å²) < 4.78 is 5.26. The zero-order valence-electron chi connectivity index (χ0n) is 11.7. The third kappa shape index (κ3) is 2.40. The van der Waals surface area contributed by atoms with Gasteiger partial charge in [-0.1, -0.05) is 6.07 Å². The number of hydrogen-bond donors (Lipinski definition) is 0. The molecule has 106 valence electrons. The van der Waals surface area contributed by atoms with Gasteiger partial charge >= 0.3 is 0 Å². The van der Waals surface area contributed by atoms with Crippen LogP contribution >= 0.6 is 0 Å². The monoisotopic (exact) mass is 281 g/mol. The minimum Gasteiger partial charge on any atom is -0.450 e. The van der Waals surface area contributed by atoms with Gasteiger partial charge in [0, 0.05) is 25.0 Å². The van der Waals surface area contributed by atoms with E-state index in [1.165, 1.54) is 6.07 Å². The van der Waals surface area contributed by atoms with Crippen LogP contribution in [0.2, 0.25) is 0 Å². The van der Waals surface area contributed by atoms with Gasteiger partial charge in [-0.15, -0.1) is 0 Å². The number of nitriles is 1. The predicted octanol–water partition coefficient (Wildman–Crippen LogP) is 2.83. The fraction of sp³-hybridized carbons (Fsp3) is 0.312. The Morgan fingerprint density at radius 3 is 3.10 bits per heavy atom. The van der Waals surface area contributed by atoms with Crippen LogP contribution < -0.4 is 0 Å². The maximum absolute atomic E-state index is 12.7. The minimum absolute atomic E-state index is 0.0473. The Morgan fingerprint density at radius 1 is 1.57 bits per heavy atom. The van der Waals surface area contributed by atoms with Crippen molar-refractivity contribution in [2.75, 3.05) is 6.54 Å². The Bertz CT molecular complexity index is 700. The molecule has 1 aliphatic rings. The van der Waals surface area contributed by atoms with Crippen LogP contribution in [0.25, 0.3) is 0 Å². The molecule has 1 atom stereocenters. The molecule has 0 aliphatic carbocycles. The fourth-order valence-corrected chi connectivity index (χ4v) is 2.83. The number of amides is 1. The van der Waals surface area contributed by atoms with E-state index in [1.54, 1.807) is 19.3 Å². The van der Waals surface area contributed by atoms with E-state index in [-0.39, 0.29) is 17.7 Å². The first-order valence-electron chi connectivity index (χ1n) is 6.92. The first-order valence-corrected chi connectivity index (χ1v) is 6.92. The van der Waals surface area contributed by atoms with Gasteiger partial charge in [-0.25, -0.2) is 0 Å². The number of rotatable bonds is 2. The SMILES string of the molecule is Cc1oc(C#N)cc1C(=O)N1CCCC1c1cccnc1. The van der Waals surface area contributed by atoms with Crippen LogP contribution in [0.15, 0.2) is 35.0 Å². The first kappa shape index (κ1) is 13.4. The van der Waals surface area contributed by atoms with Crippen LogP contribution in [0.4, 0.5) is 0 Å². The van der Waals surface area contributed by atoms with Crippen molar-refractivity contribution in [2.45, 2.75) is 25.8 Å². The van der Waals surface area contributed by atoms with Crippen molar-refractivity contribution in [1.29, 1.82) is 5.26 Å². The van der Waals surface area contributed by atoms with Crippen LogP contribution in [0.5, 0.6) is 0 Å². The van der Waals surface area contributed by atoms with Gasteiger partial charge in [0.2, 0.25) is 5.76 Å². The molecule has 5 nitrogen and oxygen atoms in total. The third-order valence-electron chi connectivity index (χ3n) is 3.84. The molecule has 3 rings (SSSR count). The summed E-state index contributed by atoms with van der Waals surface area (Å²) in [5.41, 5.74) is 1.52. The molecule has 1 aliphatic heterocycles. The smallest absolute Gasteiger partial charge is 0.257 e. The minimum atomic E-state index is -0.0795. The van der Waals surface area contributed by atoms with Crippen LogP contribution in [0, 0.1) is 18.3 Å². The molecule has 1 fully saturated rings. The molecule has 0 radical (unpaired) electrons. The van der Waals surface area contributed by atoms with E-state index >= 15 is 0 Å². The number of aryl methyl sites for hydroxylation is 1.